The predicted octanol–water partition coefficient (Wildman–Crippen LogP) is 4.01. The fourth-order valence-corrected chi connectivity index (χ4v) is 3.93. The van der Waals surface area contributed by atoms with Crippen LogP contribution in [0.15, 0.2) is 66.7 Å². The number of ether oxygens (including phenoxy) is 2. The van der Waals surface area contributed by atoms with E-state index in [1.807, 2.05) is 68.4 Å². The fraction of sp³-hybridized carbons (Fsp3) is 0.333. The second-order valence-corrected chi connectivity index (χ2v) is 8.27. The molecule has 0 spiro atoms. The number of nitrogens with one attached hydrogen (secondary N) is 2. The highest BCUT2D eigenvalue weighted by atomic mass is 16.7. The molecule has 0 radical (unpaired) electrons. The molecule has 2 amide bonds. The Hall–Kier alpha value is -3.26. The van der Waals surface area contributed by atoms with Crippen LogP contribution in [0.2, 0.25) is 0 Å². The molecule has 0 aliphatic rings. The quantitative estimate of drug-likeness (QED) is 0.163. The Labute approximate surface area is 200 Å². The third kappa shape index (κ3) is 7.12. The second kappa shape index (κ2) is 12.8. The van der Waals surface area contributed by atoms with Crippen LogP contribution in [-0.2, 0) is 20.7 Å². The van der Waals surface area contributed by atoms with Crippen LogP contribution in [0.4, 0.5) is 0 Å². The minimum atomic E-state index is -0.588. The van der Waals surface area contributed by atoms with E-state index in [4.69, 9.17) is 9.47 Å². The highest BCUT2D eigenvalue weighted by molar-refractivity contribution is 5.94. The molecule has 0 aliphatic heterocycles. The van der Waals surface area contributed by atoms with Gasteiger partial charge < -0.3 is 14.8 Å². The summed E-state index contributed by atoms with van der Waals surface area (Å²) in [4.78, 5) is 25.5. The van der Waals surface area contributed by atoms with Gasteiger partial charge in [-0.05, 0) is 55.2 Å². The standard InChI is InChI=1S/C27H32N2O5/c1-3-33-18-34-17-24(28-26(30)21-13-11-19(2)12-14-21)16-23(27(31)29-32)15-22-9-6-8-20-7-4-5-10-25(20)22/h4-14,23-24,32H,3,15-18H2,1-2H3,(H,28,30)(H,29,31). The van der Waals surface area contributed by atoms with Crippen molar-refractivity contribution in [1.29, 1.82) is 0 Å². The lowest BCUT2D eigenvalue weighted by Gasteiger charge is -2.24. The smallest absolute Gasteiger partial charge is 0.251 e. The summed E-state index contributed by atoms with van der Waals surface area (Å²) in [6.45, 7) is 4.59. The Balaban J connectivity index is 1.79. The molecular formula is C27H32N2O5. The number of aryl methyl sites for hydroxylation is 1. The molecule has 7 heteroatoms. The Bertz CT molecular complexity index is 1080. The summed E-state index contributed by atoms with van der Waals surface area (Å²) in [5, 5.41) is 14.5. The molecule has 3 rings (SSSR count). The van der Waals surface area contributed by atoms with Crippen molar-refractivity contribution in [2.24, 2.45) is 5.92 Å². The number of hydrogen-bond donors (Lipinski definition) is 3. The number of amides is 2. The first-order valence-electron chi connectivity index (χ1n) is 11.5. The van der Waals surface area contributed by atoms with E-state index in [0.29, 0.717) is 18.6 Å². The second-order valence-electron chi connectivity index (χ2n) is 8.27. The molecule has 2 atom stereocenters. The normalized spacial score (nSPS) is 12.8. The number of carbonyl (C=O) groups excluding carboxylic acids is 2. The zero-order valence-electron chi connectivity index (χ0n) is 19.6. The highest BCUT2D eigenvalue weighted by Crippen LogP contribution is 2.23. The molecule has 2 unspecified atom stereocenters. The highest BCUT2D eigenvalue weighted by Gasteiger charge is 2.26. The first-order chi connectivity index (χ1) is 16.5. The summed E-state index contributed by atoms with van der Waals surface area (Å²) in [5.74, 6) is -1.35. The van der Waals surface area contributed by atoms with E-state index in [-0.39, 0.29) is 25.7 Å². The number of carbonyl (C=O) groups is 2. The molecule has 7 nitrogen and oxygen atoms in total. The van der Waals surface area contributed by atoms with Crippen molar-refractivity contribution in [3.63, 3.8) is 0 Å². The van der Waals surface area contributed by atoms with Crippen LogP contribution in [-0.4, -0.2) is 43.1 Å². The maximum atomic E-state index is 12.9. The van der Waals surface area contributed by atoms with Crippen LogP contribution >= 0.6 is 0 Å². The average molecular weight is 465 g/mol. The molecule has 0 fully saturated rings. The van der Waals surface area contributed by atoms with E-state index in [0.717, 1.165) is 21.9 Å². The number of hydrogen-bond acceptors (Lipinski definition) is 5. The van der Waals surface area contributed by atoms with Gasteiger partial charge in [0.05, 0.1) is 12.6 Å². The number of rotatable bonds is 12. The van der Waals surface area contributed by atoms with Gasteiger partial charge in [0, 0.05) is 18.1 Å². The molecule has 0 aromatic heterocycles. The molecule has 34 heavy (non-hydrogen) atoms. The van der Waals surface area contributed by atoms with E-state index in [1.54, 1.807) is 17.6 Å². The van der Waals surface area contributed by atoms with Gasteiger partial charge in [-0.2, -0.15) is 0 Å². The van der Waals surface area contributed by atoms with Crippen molar-refractivity contribution in [3.8, 4) is 0 Å². The Morgan fingerprint density at radius 2 is 1.71 bits per heavy atom. The molecule has 3 N–H and O–H groups in total. The minimum Gasteiger partial charge on any atom is -0.356 e. The molecule has 0 heterocycles. The fourth-order valence-electron chi connectivity index (χ4n) is 3.93. The molecule has 3 aromatic carbocycles. The molecule has 0 bridgehead atoms. The molecule has 0 saturated heterocycles. The van der Waals surface area contributed by atoms with Gasteiger partial charge in [-0.3, -0.25) is 14.8 Å². The van der Waals surface area contributed by atoms with Crippen LogP contribution < -0.4 is 10.8 Å². The van der Waals surface area contributed by atoms with Crippen LogP contribution in [0.1, 0.15) is 34.8 Å². The van der Waals surface area contributed by atoms with Crippen LogP contribution in [0.3, 0.4) is 0 Å². The minimum absolute atomic E-state index is 0.0909. The first kappa shape index (κ1) is 25.4. The topological polar surface area (TPSA) is 96.9 Å². The summed E-state index contributed by atoms with van der Waals surface area (Å²) in [7, 11) is 0. The summed E-state index contributed by atoms with van der Waals surface area (Å²) >= 11 is 0. The molecule has 3 aromatic rings. The van der Waals surface area contributed by atoms with Gasteiger partial charge in [0.1, 0.15) is 6.79 Å². The molecule has 0 saturated carbocycles. The van der Waals surface area contributed by atoms with Crippen LogP contribution in [0.25, 0.3) is 10.8 Å². The maximum absolute atomic E-state index is 12.9. The molecule has 180 valence electrons. The van der Waals surface area contributed by atoms with Gasteiger partial charge in [0.25, 0.3) is 5.91 Å². The lowest BCUT2D eigenvalue weighted by atomic mass is 9.89. The Morgan fingerprint density at radius 1 is 0.971 bits per heavy atom. The van der Waals surface area contributed by atoms with Gasteiger partial charge in [-0.1, -0.05) is 60.2 Å². The molecular weight excluding hydrogens is 432 g/mol. The summed E-state index contributed by atoms with van der Waals surface area (Å²) in [6.07, 6.45) is 0.676. The summed E-state index contributed by atoms with van der Waals surface area (Å²) in [6, 6.07) is 20.7. The van der Waals surface area contributed by atoms with Gasteiger partial charge in [0.15, 0.2) is 0 Å². The van der Waals surface area contributed by atoms with Gasteiger partial charge in [-0.15, -0.1) is 0 Å². The summed E-state index contributed by atoms with van der Waals surface area (Å²) in [5.41, 5.74) is 4.36. The van der Waals surface area contributed by atoms with Crippen molar-refractivity contribution in [2.45, 2.75) is 32.7 Å². The SMILES string of the molecule is CCOCOCC(CC(Cc1cccc2ccccc12)C(=O)NO)NC(=O)c1ccc(C)cc1. The van der Waals surface area contributed by atoms with Gasteiger partial charge in [0.2, 0.25) is 5.91 Å². The summed E-state index contributed by atoms with van der Waals surface area (Å²) < 4.78 is 10.8. The van der Waals surface area contributed by atoms with Crippen molar-refractivity contribution in [1.82, 2.24) is 10.8 Å². The van der Waals surface area contributed by atoms with Gasteiger partial charge >= 0.3 is 0 Å². The Kier molecular flexibility index (Phi) is 9.58. The third-order valence-corrected chi connectivity index (χ3v) is 5.74. The lowest BCUT2D eigenvalue weighted by Crippen LogP contribution is -2.42. The van der Waals surface area contributed by atoms with E-state index in [2.05, 4.69) is 5.32 Å². The predicted molar refractivity (Wildman–Crippen MR) is 131 cm³/mol. The van der Waals surface area contributed by atoms with Crippen LogP contribution in [0.5, 0.6) is 0 Å². The molecule has 0 aliphatic carbocycles. The zero-order valence-corrected chi connectivity index (χ0v) is 19.6. The number of benzene rings is 3. The van der Waals surface area contributed by atoms with Crippen molar-refractivity contribution >= 4 is 22.6 Å². The lowest BCUT2D eigenvalue weighted by molar-refractivity contribution is -0.134. The van der Waals surface area contributed by atoms with Crippen molar-refractivity contribution in [3.05, 3.63) is 83.4 Å². The average Bonchev–Trinajstić information content (AvgIpc) is 2.86. The Morgan fingerprint density at radius 3 is 2.44 bits per heavy atom. The van der Waals surface area contributed by atoms with E-state index in [1.165, 1.54) is 0 Å². The van der Waals surface area contributed by atoms with E-state index in [9.17, 15) is 14.8 Å². The monoisotopic (exact) mass is 464 g/mol. The maximum Gasteiger partial charge on any atom is 0.251 e. The van der Waals surface area contributed by atoms with Crippen LogP contribution in [0, 0.1) is 12.8 Å². The third-order valence-electron chi connectivity index (χ3n) is 5.74. The van der Waals surface area contributed by atoms with Gasteiger partial charge in [-0.25, -0.2) is 5.48 Å². The number of hydroxylamine groups is 1. The van der Waals surface area contributed by atoms with Crippen molar-refractivity contribution < 1.29 is 24.3 Å². The van der Waals surface area contributed by atoms with Crippen molar-refractivity contribution in [2.75, 3.05) is 20.0 Å². The largest absolute Gasteiger partial charge is 0.356 e. The number of fused-ring (bicyclic) bond motifs is 1. The van der Waals surface area contributed by atoms with E-state index >= 15 is 0 Å². The zero-order chi connectivity index (χ0) is 24.3. The van der Waals surface area contributed by atoms with E-state index < -0.39 is 17.9 Å². The first-order valence-corrected chi connectivity index (χ1v) is 11.5.